The Morgan fingerprint density at radius 3 is 2.19 bits per heavy atom. The van der Waals surface area contributed by atoms with E-state index in [2.05, 4.69) is 74.0 Å². The minimum atomic E-state index is -0.388. The van der Waals surface area contributed by atoms with Gasteiger partial charge in [-0.15, -0.1) is 0 Å². The van der Waals surface area contributed by atoms with Crippen molar-refractivity contribution in [1.82, 2.24) is 24.6 Å². The van der Waals surface area contributed by atoms with Crippen LogP contribution in [0.3, 0.4) is 0 Å². The monoisotopic (exact) mass is 779 g/mol. The van der Waals surface area contributed by atoms with Gasteiger partial charge in [-0.1, -0.05) is 12.1 Å². The first-order valence-electron chi connectivity index (χ1n) is 20.9. The fourth-order valence-corrected chi connectivity index (χ4v) is 9.66. The molecule has 1 atom stereocenters. The maximum Gasteiger partial charge on any atom is 0.235 e. The predicted octanol–water partition coefficient (Wildman–Crippen LogP) is 7.30. The Balaban J connectivity index is 0.746. The fraction of sp³-hybridized carbons (Fsp3) is 0.383. The standard InChI is InChI=1S/C47H53N7O4/c1-31-41-29-38(56)14-17-42(41)54(46(31)34-7-12-37(55)13-8-34)30-33-5-9-35(10-6-33)52-22-19-32(20-23-52)4-3-21-51-24-26-53(27-25-51)36-11-15-39-43(28-36)50(2)49-45(39)40-16-18-44(57)48-47(40)58/h5-15,17,28-29,32,40,55-56H,3-4,16,18-27,30H2,1-2H3,(H,48,57,58). The van der Waals surface area contributed by atoms with Crippen molar-refractivity contribution in [3.63, 3.8) is 0 Å². The lowest BCUT2D eigenvalue weighted by Gasteiger charge is -2.37. The van der Waals surface area contributed by atoms with Crippen LogP contribution in [0.15, 0.2) is 84.9 Å². The molecule has 3 fully saturated rings. The van der Waals surface area contributed by atoms with Crippen LogP contribution in [0.25, 0.3) is 33.1 Å². The van der Waals surface area contributed by atoms with Crippen molar-refractivity contribution < 1.29 is 19.8 Å². The second-order valence-electron chi connectivity index (χ2n) is 16.6. The zero-order valence-corrected chi connectivity index (χ0v) is 33.5. The summed E-state index contributed by atoms with van der Waals surface area (Å²) in [7, 11) is 1.93. The van der Waals surface area contributed by atoms with Crippen LogP contribution in [0.2, 0.25) is 0 Å². The van der Waals surface area contributed by atoms with Crippen LogP contribution in [0, 0.1) is 12.8 Å². The van der Waals surface area contributed by atoms with Crippen molar-refractivity contribution in [3.05, 3.63) is 102 Å². The minimum absolute atomic E-state index is 0.204. The summed E-state index contributed by atoms with van der Waals surface area (Å²) in [5.74, 6) is 0.442. The van der Waals surface area contributed by atoms with E-state index in [-0.39, 0.29) is 29.2 Å². The lowest BCUT2D eigenvalue weighted by molar-refractivity contribution is -0.134. The molecule has 9 rings (SSSR count). The van der Waals surface area contributed by atoms with Gasteiger partial charge in [0.25, 0.3) is 0 Å². The molecule has 11 heteroatoms. The average Bonchev–Trinajstić information content (AvgIpc) is 3.70. The Morgan fingerprint density at radius 1 is 0.741 bits per heavy atom. The first-order chi connectivity index (χ1) is 28.2. The Kier molecular flexibility index (Phi) is 10.3. The molecule has 2 aromatic heterocycles. The molecule has 0 spiro atoms. The van der Waals surface area contributed by atoms with Gasteiger partial charge in [0.1, 0.15) is 11.5 Å². The summed E-state index contributed by atoms with van der Waals surface area (Å²) in [5.41, 5.74) is 9.80. The van der Waals surface area contributed by atoms with Gasteiger partial charge in [-0.2, -0.15) is 5.10 Å². The van der Waals surface area contributed by atoms with Crippen molar-refractivity contribution >= 4 is 45.0 Å². The number of nitrogens with zero attached hydrogens (tertiary/aromatic N) is 6. The molecular weight excluding hydrogens is 727 g/mol. The molecule has 4 aromatic carbocycles. The molecule has 0 radical (unpaired) electrons. The average molecular weight is 780 g/mol. The number of anilines is 2. The number of piperazine rings is 1. The van der Waals surface area contributed by atoms with E-state index in [1.807, 2.05) is 36.0 Å². The lowest BCUT2D eigenvalue weighted by atomic mass is 9.91. The highest BCUT2D eigenvalue weighted by molar-refractivity contribution is 6.02. The molecule has 1 unspecified atom stereocenters. The minimum Gasteiger partial charge on any atom is -0.508 e. The van der Waals surface area contributed by atoms with E-state index >= 15 is 0 Å². The molecule has 6 aromatic rings. The largest absolute Gasteiger partial charge is 0.508 e. The van der Waals surface area contributed by atoms with Crippen molar-refractivity contribution in [3.8, 4) is 22.8 Å². The lowest BCUT2D eigenvalue weighted by Crippen LogP contribution is -2.46. The second kappa shape index (κ2) is 15.9. The van der Waals surface area contributed by atoms with E-state index < -0.39 is 0 Å². The van der Waals surface area contributed by atoms with Crippen molar-refractivity contribution in [2.75, 3.05) is 55.6 Å². The van der Waals surface area contributed by atoms with Gasteiger partial charge in [0.05, 0.1) is 22.8 Å². The van der Waals surface area contributed by atoms with E-state index in [1.165, 1.54) is 42.6 Å². The Hall–Kier alpha value is -5.81. The third kappa shape index (κ3) is 7.51. The number of amides is 2. The second-order valence-corrected chi connectivity index (χ2v) is 16.6. The first kappa shape index (κ1) is 37.7. The van der Waals surface area contributed by atoms with Crippen LogP contribution in [0.4, 0.5) is 11.4 Å². The third-order valence-corrected chi connectivity index (χ3v) is 13.0. The summed E-state index contributed by atoms with van der Waals surface area (Å²) in [6, 6.07) is 28.5. The summed E-state index contributed by atoms with van der Waals surface area (Å²) in [6.07, 6.45) is 5.84. The van der Waals surface area contributed by atoms with Crippen molar-refractivity contribution in [2.45, 2.75) is 57.9 Å². The van der Waals surface area contributed by atoms with Gasteiger partial charge in [-0.3, -0.25) is 24.5 Å². The molecule has 3 N–H and O–H groups in total. The number of aryl methyl sites for hydroxylation is 2. The van der Waals surface area contributed by atoms with E-state index in [0.29, 0.717) is 19.4 Å². The quantitative estimate of drug-likeness (QED) is 0.124. The summed E-state index contributed by atoms with van der Waals surface area (Å²) < 4.78 is 4.19. The molecule has 3 aliphatic heterocycles. The topological polar surface area (TPSA) is 119 Å². The van der Waals surface area contributed by atoms with Crippen LogP contribution in [-0.2, 0) is 23.2 Å². The van der Waals surface area contributed by atoms with Crippen molar-refractivity contribution in [1.29, 1.82) is 0 Å². The van der Waals surface area contributed by atoms with Gasteiger partial charge in [-0.25, -0.2) is 0 Å². The van der Waals surface area contributed by atoms with Gasteiger partial charge in [0, 0.05) is 86.9 Å². The van der Waals surface area contributed by atoms with E-state index in [4.69, 9.17) is 5.10 Å². The summed E-state index contributed by atoms with van der Waals surface area (Å²) in [6.45, 7) is 10.2. The number of aromatic hydroxyl groups is 2. The van der Waals surface area contributed by atoms with E-state index in [9.17, 15) is 19.8 Å². The van der Waals surface area contributed by atoms with Gasteiger partial charge < -0.3 is 24.6 Å². The van der Waals surface area contributed by atoms with Crippen LogP contribution in [0.1, 0.15) is 61.3 Å². The number of hydrogen-bond acceptors (Lipinski definition) is 8. The molecule has 5 heterocycles. The molecule has 300 valence electrons. The maximum absolute atomic E-state index is 12.6. The molecule has 3 saturated heterocycles. The van der Waals surface area contributed by atoms with Crippen LogP contribution >= 0.6 is 0 Å². The zero-order valence-electron chi connectivity index (χ0n) is 33.5. The summed E-state index contributed by atoms with van der Waals surface area (Å²) in [5, 5.41) is 29.4. The number of phenolic OH excluding ortho intramolecular Hbond substituents is 2. The molecule has 0 saturated carbocycles. The Bertz CT molecular complexity index is 2450. The first-order valence-corrected chi connectivity index (χ1v) is 20.9. The fourth-order valence-electron chi connectivity index (χ4n) is 9.66. The molecule has 3 aliphatic rings. The zero-order chi connectivity index (χ0) is 39.9. The van der Waals surface area contributed by atoms with Gasteiger partial charge in [-0.05, 0) is 141 Å². The highest BCUT2D eigenvalue weighted by Gasteiger charge is 2.32. The molecule has 0 bridgehead atoms. The van der Waals surface area contributed by atoms with E-state index in [0.717, 1.165) is 96.1 Å². The van der Waals surface area contributed by atoms with Crippen molar-refractivity contribution in [2.24, 2.45) is 13.0 Å². The number of carbonyl (C=O) groups is 2. The third-order valence-electron chi connectivity index (χ3n) is 13.0. The van der Waals surface area contributed by atoms with Crippen LogP contribution in [0.5, 0.6) is 11.5 Å². The number of rotatable bonds is 10. The number of fused-ring (bicyclic) bond motifs is 2. The van der Waals surface area contributed by atoms with Crippen LogP contribution < -0.4 is 15.1 Å². The highest BCUT2D eigenvalue weighted by atomic mass is 16.3. The number of hydrogen-bond donors (Lipinski definition) is 3. The van der Waals surface area contributed by atoms with Gasteiger partial charge >= 0.3 is 0 Å². The number of piperidine rings is 2. The predicted molar refractivity (Wildman–Crippen MR) is 230 cm³/mol. The number of nitrogens with one attached hydrogen (secondary N) is 1. The van der Waals surface area contributed by atoms with Gasteiger partial charge in [0.2, 0.25) is 11.8 Å². The molecular formula is C47H53N7O4. The Morgan fingerprint density at radius 2 is 1.45 bits per heavy atom. The maximum atomic E-state index is 12.6. The number of imide groups is 1. The SMILES string of the molecule is Cc1c(-c2ccc(O)cc2)n(Cc2ccc(N3CCC(CCCN4CCN(c5ccc6c(C7CCC(=O)NC7=O)nn(C)c6c5)CC4)CC3)cc2)c2ccc(O)cc12. The van der Waals surface area contributed by atoms with Crippen LogP contribution in [-0.4, -0.2) is 87.1 Å². The molecule has 11 nitrogen and oxygen atoms in total. The smallest absolute Gasteiger partial charge is 0.235 e. The highest BCUT2D eigenvalue weighted by Crippen LogP contribution is 2.37. The number of carbonyl (C=O) groups excluding carboxylic acids is 2. The Labute approximate surface area is 339 Å². The number of aromatic nitrogens is 3. The normalized spacial score (nSPS) is 18.4. The number of phenols is 2. The van der Waals surface area contributed by atoms with Gasteiger partial charge in [0.15, 0.2) is 0 Å². The molecule has 0 aliphatic carbocycles. The molecule has 58 heavy (non-hydrogen) atoms. The molecule has 2 amide bonds. The van der Waals surface area contributed by atoms with E-state index in [1.54, 1.807) is 18.2 Å². The summed E-state index contributed by atoms with van der Waals surface area (Å²) >= 11 is 0. The summed E-state index contributed by atoms with van der Waals surface area (Å²) in [4.78, 5) is 31.9. The number of benzene rings is 4.